The first kappa shape index (κ1) is 11.2. The lowest BCUT2D eigenvalue weighted by molar-refractivity contribution is 0.572. The Morgan fingerprint density at radius 1 is 1.17 bits per heavy atom. The van der Waals surface area contributed by atoms with Gasteiger partial charge in [-0.3, -0.25) is 0 Å². The molecule has 0 saturated heterocycles. The fourth-order valence-electron chi connectivity index (χ4n) is 1.85. The molecule has 1 aromatic carbocycles. The lowest BCUT2D eigenvalue weighted by Gasteiger charge is -1.99. The van der Waals surface area contributed by atoms with Crippen LogP contribution in [-0.2, 0) is 6.42 Å². The third kappa shape index (κ3) is 2.19. The first-order valence-corrected chi connectivity index (χ1v) is 6.53. The molecule has 3 aromatic rings. The molecule has 0 radical (unpaired) electrons. The Hall–Kier alpha value is -1.94. The summed E-state index contributed by atoms with van der Waals surface area (Å²) in [6, 6.07) is 10.3. The summed E-state index contributed by atoms with van der Waals surface area (Å²) in [5.74, 6) is 0.837. The first-order valence-electron chi connectivity index (χ1n) is 5.72. The van der Waals surface area contributed by atoms with Gasteiger partial charge >= 0.3 is 0 Å². The zero-order valence-electron chi connectivity index (χ0n) is 9.96. The van der Waals surface area contributed by atoms with Gasteiger partial charge in [0.05, 0.1) is 15.6 Å². The molecule has 90 valence electrons. The van der Waals surface area contributed by atoms with Crippen molar-refractivity contribution in [2.75, 3.05) is 0 Å². The van der Waals surface area contributed by atoms with E-state index in [2.05, 4.69) is 22.1 Å². The van der Waals surface area contributed by atoms with Crippen LogP contribution in [0, 0.1) is 6.92 Å². The van der Waals surface area contributed by atoms with Crippen LogP contribution in [0.15, 0.2) is 47.3 Å². The Bertz CT molecular complexity index is 643. The van der Waals surface area contributed by atoms with Crippen molar-refractivity contribution >= 4 is 11.3 Å². The number of rotatable bonds is 3. The van der Waals surface area contributed by atoms with E-state index in [1.807, 2.05) is 31.3 Å². The van der Waals surface area contributed by atoms with E-state index in [1.54, 1.807) is 11.3 Å². The van der Waals surface area contributed by atoms with Crippen molar-refractivity contribution < 1.29 is 4.42 Å². The maximum atomic E-state index is 5.50. The molecule has 4 heteroatoms. The zero-order chi connectivity index (χ0) is 12.4. The van der Waals surface area contributed by atoms with Crippen LogP contribution in [0.4, 0.5) is 0 Å². The summed E-state index contributed by atoms with van der Waals surface area (Å²) in [7, 11) is 0. The van der Waals surface area contributed by atoms with E-state index in [-0.39, 0.29) is 0 Å². The first-order chi connectivity index (χ1) is 8.83. The highest BCUT2D eigenvalue weighted by Crippen LogP contribution is 2.29. The molecule has 0 unspecified atom stereocenters. The summed E-state index contributed by atoms with van der Waals surface area (Å²) < 4.78 is 5.50. The summed E-state index contributed by atoms with van der Waals surface area (Å²) in [5, 5.41) is 1.03. The minimum absolute atomic E-state index is 0.781. The van der Waals surface area contributed by atoms with Crippen molar-refractivity contribution in [2.24, 2.45) is 0 Å². The number of hydrogen-bond acceptors (Lipinski definition) is 4. The Balaban J connectivity index is 1.93. The topological polar surface area (TPSA) is 38.9 Å². The minimum Gasteiger partial charge on any atom is -0.442 e. The average Bonchev–Trinajstić information content (AvgIpc) is 2.99. The van der Waals surface area contributed by atoms with Crippen LogP contribution in [-0.4, -0.2) is 9.97 Å². The van der Waals surface area contributed by atoms with E-state index in [9.17, 15) is 0 Å². The minimum atomic E-state index is 0.781. The molecule has 0 aliphatic rings. The molecule has 2 heterocycles. The molecule has 0 N–H and O–H groups in total. The van der Waals surface area contributed by atoms with Crippen LogP contribution >= 0.6 is 11.3 Å². The van der Waals surface area contributed by atoms with Crippen LogP contribution in [0.5, 0.6) is 0 Å². The van der Waals surface area contributed by atoms with Gasteiger partial charge in [-0.05, 0) is 12.5 Å². The summed E-state index contributed by atoms with van der Waals surface area (Å²) >= 11 is 1.63. The molecular weight excluding hydrogens is 244 g/mol. The summed E-state index contributed by atoms with van der Waals surface area (Å²) in [6.07, 6.45) is 4.13. The number of aryl methyl sites for hydroxylation is 1. The smallest absolute Gasteiger partial charge is 0.181 e. The average molecular weight is 256 g/mol. The molecule has 0 bridgehead atoms. The van der Waals surface area contributed by atoms with Crippen LogP contribution in [0.1, 0.15) is 16.3 Å². The van der Waals surface area contributed by atoms with E-state index in [1.165, 1.54) is 12.0 Å². The van der Waals surface area contributed by atoms with Crippen molar-refractivity contribution in [3.8, 4) is 10.6 Å². The van der Waals surface area contributed by atoms with Crippen molar-refractivity contribution in [3.63, 3.8) is 0 Å². The fourth-order valence-corrected chi connectivity index (χ4v) is 2.64. The molecule has 2 aromatic heterocycles. The number of thiazole rings is 1. The van der Waals surface area contributed by atoms with E-state index in [0.29, 0.717) is 0 Å². The standard InChI is InChI=1S/C14H12N2OS/c1-10-15-8-13(18-10)14-12(16-9-17-14)7-11-5-3-2-4-6-11/h2-6,8-9H,7H2,1H3. The molecule has 3 rings (SSSR count). The normalized spacial score (nSPS) is 10.7. The number of benzene rings is 1. The molecule has 0 fully saturated rings. The van der Waals surface area contributed by atoms with Gasteiger partial charge in [-0.15, -0.1) is 11.3 Å². The number of oxazole rings is 1. The SMILES string of the molecule is Cc1ncc(-c2ocnc2Cc2ccccc2)s1. The van der Waals surface area contributed by atoms with Crippen LogP contribution in [0.25, 0.3) is 10.6 Å². The molecule has 0 spiro atoms. The number of hydrogen-bond donors (Lipinski definition) is 0. The van der Waals surface area contributed by atoms with Gasteiger partial charge < -0.3 is 4.42 Å². The van der Waals surface area contributed by atoms with Gasteiger partial charge in [0.15, 0.2) is 12.2 Å². The van der Waals surface area contributed by atoms with Gasteiger partial charge in [0.2, 0.25) is 0 Å². The molecular formula is C14H12N2OS. The van der Waals surface area contributed by atoms with Gasteiger partial charge in [-0.1, -0.05) is 30.3 Å². The molecule has 3 nitrogen and oxygen atoms in total. The largest absolute Gasteiger partial charge is 0.442 e. The van der Waals surface area contributed by atoms with Crippen LogP contribution in [0.3, 0.4) is 0 Å². The van der Waals surface area contributed by atoms with E-state index >= 15 is 0 Å². The molecule has 0 atom stereocenters. The lowest BCUT2D eigenvalue weighted by atomic mass is 10.1. The van der Waals surface area contributed by atoms with Gasteiger partial charge in [-0.2, -0.15) is 0 Å². The quantitative estimate of drug-likeness (QED) is 0.717. The molecule has 0 amide bonds. The van der Waals surface area contributed by atoms with Gasteiger partial charge in [0.1, 0.15) is 0 Å². The summed E-state index contributed by atoms with van der Waals surface area (Å²) in [6.45, 7) is 1.99. The van der Waals surface area contributed by atoms with Crippen molar-refractivity contribution in [1.29, 1.82) is 0 Å². The van der Waals surface area contributed by atoms with E-state index in [0.717, 1.165) is 27.8 Å². The second-order valence-electron chi connectivity index (χ2n) is 4.03. The Morgan fingerprint density at radius 2 is 2.00 bits per heavy atom. The second kappa shape index (κ2) is 4.74. The van der Waals surface area contributed by atoms with Crippen molar-refractivity contribution in [2.45, 2.75) is 13.3 Å². The van der Waals surface area contributed by atoms with Crippen LogP contribution in [0.2, 0.25) is 0 Å². The molecule has 0 saturated carbocycles. The number of aromatic nitrogens is 2. The van der Waals surface area contributed by atoms with Gasteiger partial charge in [0.25, 0.3) is 0 Å². The third-order valence-electron chi connectivity index (χ3n) is 2.70. The van der Waals surface area contributed by atoms with Crippen LogP contribution < -0.4 is 0 Å². The lowest BCUT2D eigenvalue weighted by Crippen LogP contribution is -1.89. The van der Waals surface area contributed by atoms with E-state index in [4.69, 9.17) is 4.42 Å². The summed E-state index contributed by atoms with van der Waals surface area (Å²) in [4.78, 5) is 9.60. The maximum absolute atomic E-state index is 5.50. The molecule has 18 heavy (non-hydrogen) atoms. The molecule has 0 aliphatic carbocycles. The second-order valence-corrected chi connectivity index (χ2v) is 5.27. The van der Waals surface area contributed by atoms with Gasteiger partial charge in [0, 0.05) is 12.6 Å². The maximum Gasteiger partial charge on any atom is 0.181 e. The Morgan fingerprint density at radius 3 is 2.72 bits per heavy atom. The highest BCUT2D eigenvalue weighted by molar-refractivity contribution is 7.15. The predicted molar refractivity (Wildman–Crippen MR) is 71.6 cm³/mol. The number of nitrogens with zero attached hydrogens (tertiary/aromatic N) is 2. The Labute approximate surface area is 109 Å². The fraction of sp³-hybridized carbons (Fsp3) is 0.143. The Kier molecular flexibility index (Phi) is 2.94. The predicted octanol–water partition coefficient (Wildman–Crippen LogP) is 3.70. The van der Waals surface area contributed by atoms with Crippen molar-refractivity contribution in [1.82, 2.24) is 9.97 Å². The molecule has 0 aliphatic heterocycles. The highest BCUT2D eigenvalue weighted by Gasteiger charge is 2.13. The van der Waals surface area contributed by atoms with E-state index < -0.39 is 0 Å². The highest BCUT2D eigenvalue weighted by atomic mass is 32.1. The summed E-state index contributed by atoms with van der Waals surface area (Å²) in [5.41, 5.74) is 2.19. The van der Waals surface area contributed by atoms with Crippen molar-refractivity contribution in [3.05, 3.63) is 59.2 Å². The third-order valence-corrected chi connectivity index (χ3v) is 3.61. The monoisotopic (exact) mass is 256 g/mol. The van der Waals surface area contributed by atoms with Gasteiger partial charge in [-0.25, -0.2) is 9.97 Å². The zero-order valence-corrected chi connectivity index (χ0v) is 10.8.